The second kappa shape index (κ2) is 7.72. The Kier molecular flexibility index (Phi) is 4.77. The van der Waals surface area contributed by atoms with Crippen molar-refractivity contribution < 1.29 is 4.39 Å². The van der Waals surface area contributed by atoms with Crippen LogP contribution in [0.3, 0.4) is 0 Å². The van der Waals surface area contributed by atoms with E-state index in [4.69, 9.17) is 12.2 Å². The van der Waals surface area contributed by atoms with Gasteiger partial charge in [-0.15, -0.1) is 0 Å². The number of aromatic nitrogens is 2. The number of nitrogens with one attached hydrogen (secondary N) is 1. The lowest BCUT2D eigenvalue weighted by Crippen LogP contribution is -2.29. The molecule has 2 atom stereocenters. The predicted molar refractivity (Wildman–Crippen MR) is 120 cm³/mol. The number of hydrogen-bond donors (Lipinski definition) is 1. The van der Waals surface area contributed by atoms with Crippen molar-refractivity contribution in [3.63, 3.8) is 0 Å². The third-order valence-corrected chi connectivity index (χ3v) is 5.63. The van der Waals surface area contributed by atoms with Crippen molar-refractivity contribution >= 4 is 23.0 Å². The first kappa shape index (κ1) is 18.5. The van der Waals surface area contributed by atoms with Crippen LogP contribution in [0.1, 0.15) is 23.3 Å². The van der Waals surface area contributed by atoms with Crippen LogP contribution in [0.15, 0.2) is 97.5 Å². The van der Waals surface area contributed by atoms with Gasteiger partial charge in [0.1, 0.15) is 5.82 Å². The maximum absolute atomic E-state index is 13.5. The second-order valence-corrected chi connectivity index (χ2v) is 7.55. The molecule has 2 aromatic heterocycles. The summed E-state index contributed by atoms with van der Waals surface area (Å²) >= 11 is 5.70. The number of pyridine rings is 1. The van der Waals surface area contributed by atoms with Crippen molar-refractivity contribution in [2.75, 3.05) is 4.90 Å². The molecule has 0 aliphatic carbocycles. The van der Waals surface area contributed by atoms with E-state index in [2.05, 4.69) is 39.3 Å². The van der Waals surface area contributed by atoms with Gasteiger partial charge in [-0.1, -0.05) is 24.3 Å². The lowest BCUT2D eigenvalue weighted by Gasteiger charge is -2.27. The fourth-order valence-corrected chi connectivity index (χ4v) is 4.27. The Labute approximate surface area is 179 Å². The average molecular weight is 415 g/mol. The summed E-state index contributed by atoms with van der Waals surface area (Å²) in [5, 5.41) is 4.02. The Morgan fingerprint density at radius 2 is 1.63 bits per heavy atom. The minimum absolute atomic E-state index is 0.122. The molecule has 0 radical (unpaired) electrons. The molecular weight excluding hydrogens is 395 g/mol. The smallest absolute Gasteiger partial charge is 0.174 e. The van der Waals surface area contributed by atoms with E-state index < -0.39 is 0 Å². The van der Waals surface area contributed by atoms with E-state index in [0.29, 0.717) is 5.11 Å². The largest absolute Gasteiger partial charge is 0.351 e. The van der Waals surface area contributed by atoms with Crippen LogP contribution in [0.2, 0.25) is 0 Å². The maximum Gasteiger partial charge on any atom is 0.174 e. The molecule has 4 aromatic rings. The molecule has 4 nitrogen and oxygen atoms in total. The Hall–Kier alpha value is -3.51. The highest BCUT2D eigenvalue weighted by Crippen LogP contribution is 2.41. The Bertz CT molecular complexity index is 1160. The third-order valence-electron chi connectivity index (χ3n) is 5.31. The summed E-state index contributed by atoms with van der Waals surface area (Å²) in [5.41, 5.74) is 3.91. The summed E-state index contributed by atoms with van der Waals surface area (Å²) in [4.78, 5) is 6.60. The standard InChI is InChI=1S/C24H19FN4S/c25-18-9-11-20(12-10-18)29-23(22(27-24(29)30)21-8-4-5-14-26-21)17-13-15-28(16-17)19-6-2-1-3-7-19/h1-16,22-23H,(H,27,30)/t22-,23-/m1/s1. The molecule has 0 unspecified atom stereocenters. The number of para-hydroxylation sites is 1. The van der Waals surface area contributed by atoms with Gasteiger partial charge in [0.15, 0.2) is 5.11 Å². The normalized spacial score (nSPS) is 18.4. The molecule has 1 aliphatic rings. The molecule has 0 saturated carbocycles. The zero-order valence-electron chi connectivity index (χ0n) is 16.0. The van der Waals surface area contributed by atoms with Crippen LogP contribution in [0.25, 0.3) is 5.69 Å². The van der Waals surface area contributed by atoms with Crippen LogP contribution in [-0.2, 0) is 0 Å². The van der Waals surface area contributed by atoms with Gasteiger partial charge in [-0.05, 0) is 72.4 Å². The maximum atomic E-state index is 13.5. The first-order valence-corrected chi connectivity index (χ1v) is 10.1. The topological polar surface area (TPSA) is 33.1 Å². The summed E-state index contributed by atoms with van der Waals surface area (Å²) in [6, 6.07) is 24.3. The van der Waals surface area contributed by atoms with E-state index in [1.54, 1.807) is 18.3 Å². The van der Waals surface area contributed by atoms with Crippen LogP contribution >= 0.6 is 12.2 Å². The molecule has 1 N–H and O–H groups in total. The van der Waals surface area contributed by atoms with Crippen molar-refractivity contribution in [3.8, 4) is 5.69 Å². The van der Waals surface area contributed by atoms with E-state index in [-0.39, 0.29) is 17.9 Å². The summed E-state index contributed by atoms with van der Waals surface area (Å²) in [6.07, 6.45) is 5.94. The molecule has 6 heteroatoms. The van der Waals surface area contributed by atoms with E-state index in [0.717, 1.165) is 22.6 Å². The Morgan fingerprint density at radius 3 is 2.37 bits per heavy atom. The summed E-state index contributed by atoms with van der Waals surface area (Å²) in [7, 11) is 0. The molecule has 30 heavy (non-hydrogen) atoms. The van der Waals surface area contributed by atoms with Crippen molar-refractivity contribution in [2.24, 2.45) is 0 Å². The van der Waals surface area contributed by atoms with E-state index in [1.165, 1.54) is 12.1 Å². The average Bonchev–Trinajstić information content (AvgIpc) is 3.40. The van der Waals surface area contributed by atoms with Gasteiger partial charge >= 0.3 is 0 Å². The number of benzene rings is 2. The molecule has 1 saturated heterocycles. The van der Waals surface area contributed by atoms with Gasteiger partial charge in [0.25, 0.3) is 0 Å². The van der Waals surface area contributed by atoms with Crippen LogP contribution < -0.4 is 10.2 Å². The molecule has 0 spiro atoms. The van der Waals surface area contributed by atoms with Gasteiger partial charge in [-0.25, -0.2) is 4.39 Å². The molecule has 3 heterocycles. The third kappa shape index (κ3) is 3.35. The van der Waals surface area contributed by atoms with Crippen molar-refractivity contribution in [1.29, 1.82) is 0 Å². The molecule has 0 bridgehead atoms. The molecule has 148 valence electrons. The molecular formula is C24H19FN4S. The highest BCUT2D eigenvalue weighted by molar-refractivity contribution is 7.80. The monoisotopic (exact) mass is 414 g/mol. The van der Waals surface area contributed by atoms with Crippen LogP contribution in [0.4, 0.5) is 10.1 Å². The Balaban J connectivity index is 1.60. The molecule has 1 fully saturated rings. The minimum Gasteiger partial charge on any atom is -0.351 e. The lowest BCUT2D eigenvalue weighted by atomic mass is 9.98. The van der Waals surface area contributed by atoms with Crippen molar-refractivity contribution in [1.82, 2.24) is 14.9 Å². The van der Waals surface area contributed by atoms with Crippen LogP contribution in [0, 0.1) is 5.82 Å². The zero-order valence-corrected chi connectivity index (χ0v) is 16.8. The lowest BCUT2D eigenvalue weighted by molar-refractivity contribution is 0.567. The summed E-state index contributed by atoms with van der Waals surface area (Å²) in [6.45, 7) is 0. The molecule has 5 rings (SSSR count). The number of hydrogen-bond acceptors (Lipinski definition) is 2. The fraction of sp³-hybridized carbons (Fsp3) is 0.0833. The molecule has 2 aromatic carbocycles. The highest BCUT2D eigenvalue weighted by atomic mass is 32.1. The first-order valence-electron chi connectivity index (χ1n) is 9.70. The number of nitrogens with zero attached hydrogens (tertiary/aromatic N) is 3. The predicted octanol–water partition coefficient (Wildman–Crippen LogP) is 5.19. The quantitative estimate of drug-likeness (QED) is 0.466. The van der Waals surface area contributed by atoms with Gasteiger partial charge in [0.05, 0.1) is 17.8 Å². The van der Waals surface area contributed by atoms with Gasteiger partial charge in [0, 0.05) is 30.0 Å². The van der Waals surface area contributed by atoms with Gasteiger partial charge < -0.3 is 14.8 Å². The van der Waals surface area contributed by atoms with E-state index >= 15 is 0 Å². The zero-order chi connectivity index (χ0) is 20.5. The number of thiocarbonyl (C=S) groups is 1. The van der Waals surface area contributed by atoms with Crippen LogP contribution in [0.5, 0.6) is 0 Å². The first-order chi connectivity index (χ1) is 14.7. The van der Waals surface area contributed by atoms with Crippen molar-refractivity contribution in [3.05, 3.63) is 115 Å². The van der Waals surface area contributed by atoms with E-state index in [1.807, 2.05) is 47.5 Å². The Morgan fingerprint density at radius 1 is 0.867 bits per heavy atom. The molecule has 0 amide bonds. The highest BCUT2D eigenvalue weighted by Gasteiger charge is 2.41. The summed E-state index contributed by atoms with van der Waals surface area (Å²) < 4.78 is 15.6. The fourth-order valence-electron chi connectivity index (χ4n) is 3.92. The number of anilines is 1. The number of rotatable bonds is 4. The summed E-state index contributed by atoms with van der Waals surface area (Å²) in [5.74, 6) is -0.273. The van der Waals surface area contributed by atoms with Gasteiger partial charge in [0.2, 0.25) is 0 Å². The minimum atomic E-state index is -0.273. The SMILES string of the molecule is Fc1ccc(N2C(=S)N[C@H](c3ccccn3)[C@H]2c2ccn(-c3ccccc3)c2)cc1. The number of halogens is 1. The molecule has 1 aliphatic heterocycles. The second-order valence-electron chi connectivity index (χ2n) is 7.16. The van der Waals surface area contributed by atoms with Gasteiger partial charge in [-0.2, -0.15) is 0 Å². The van der Waals surface area contributed by atoms with Gasteiger partial charge in [-0.3, -0.25) is 4.98 Å². The van der Waals surface area contributed by atoms with E-state index in [9.17, 15) is 4.39 Å². The van der Waals surface area contributed by atoms with Crippen LogP contribution in [-0.4, -0.2) is 14.7 Å². The van der Waals surface area contributed by atoms with Crippen molar-refractivity contribution in [2.45, 2.75) is 12.1 Å².